The van der Waals surface area contributed by atoms with Crippen molar-refractivity contribution >= 4 is 11.8 Å². The van der Waals surface area contributed by atoms with E-state index in [1.54, 1.807) is 0 Å². The number of hydrogen-bond donors (Lipinski definition) is 3. The van der Waals surface area contributed by atoms with Gasteiger partial charge in [0.2, 0.25) is 0 Å². The zero-order valence-corrected chi connectivity index (χ0v) is 22.0. The molecule has 0 spiro atoms. The van der Waals surface area contributed by atoms with Crippen LogP contribution in [0, 0.1) is 5.92 Å². The molecule has 0 unspecified atom stereocenters. The number of carboxylic acid groups (broad SMARTS) is 1. The lowest BCUT2D eigenvalue weighted by atomic mass is 9.91. The molecule has 1 aliphatic rings. The minimum Gasteiger partial charge on any atom is -0.481 e. The molecule has 0 bridgehead atoms. The highest BCUT2D eigenvalue weighted by atomic mass is 16.4. The van der Waals surface area contributed by atoms with Gasteiger partial charge in [0.15, 0.2) is 0 Å². The Labute approximate surface area is 198 Å². The molecular weight excluding hydrogens is 398 g/mol. The second-order valence-electron chi connectivity index (χ2n) is 7.43. The molecule has 186 valence electrons. The van der Waals surface area contributed by atoms with E-state index in [1.165, 1.54) is 11.1 Å². The molecule has 0 saturated heterocycles. The monoisotopic (exact) mass is 449 g/mol. The van der Waals surface area contributed by atoms with Crippen LogP contribution in [-0.2, 0) is 24.2 Å². The zero-order chi connectivity index (χ0) is 24.9. The Bertz CT molecular complexity index is 630. The molecule has 1 aliphatic heterocycles. The number of allylic oxidation sites excluding steroid dienone is 1. The normalized spacial score (nSPS) is 12.2. The zero-order valence-electron chi connectivity index (χ0n) is 22.0. The van der Waals surface area contributed by atoms with Crippen molar-refractivity contribution in [2.24, 2.45) is 11.7 Å². The number of nitrogens with zero attached hydrogens (tertiary/aromatic N) is 1. The number of fused-ring (bicyclic) bond motifs is 1. The van der Waals surface area contributed by atoms with Gasteiger partial charge in [0, 0.05) is 18.8 Å². The van der Waals surface area contributed by atoms with E-state index < -0.39 is 5.97 Å². The van der Waals surface area contributed by atoms with E-state index in [4.69, 9.17) is 15.8 Å². The van der Waals surface area contributed by atoms with Crippen LogP contribution in [0.2, 0.25) is 0 Å². The average molecular weight is 450 g/mol. The number of carboxylic acids is 1. The third-order valence-corrected chi connectivity index (χ3v) is 5.24. The summed E-state index contributed by atoms with van der Waals surface area (Å²) in [6.45, 7) is 19.4. The molecule has 0 amide bonds. The van der Waals surface area contributed by atoms with Gasteiger partial charge >= 0.3 is 5.97 Å². The number of aliphatic carboxylic acids is 1. The van der Waals surface area contributed by atoms with Crippen LogP contribution in [0.1, 0.15) is 110 Å². The van der Waals surface area contributed by atoms with E-state index >= 15 is 0 Å². The van der Waals surface area contributed by atoms with Crippen LogP contribution in [0.5, 0.6) is 0 Å². The Morgan fingerprint density at radius 1 is 1.16 bits per heavy atom. The molecule has 0 aromatic carbocycles. The molecular formula is C27H51N3O2. The summed E-state index contributed by atoms with van der Waals surface area (Å²) in [5.41, 5.74) is 10.5. The summed E-state index contributed by atoms with van der Waals surface area (Å²) in [6, 6.07) is 2.23. The fourth-order valence-corrected chi connectivity index (χ4v) is 3.63. The Hall–Kier alpha value is -1.88. The second-order valence-corrected chi connectivity index (χ2v) is 7.43. The quantitative estimate of drug-likeness (QED) is 0.247. The average Bonchev–Trinajstić information content (AvgIpc) is 2.83. The van der Waals surface area contributed by atoms with Gasteiger partial charge in [0.1, 0.15) is 5.82 Å². The Morgan fingerprint density at radius 2 is 1.78 bits per heavy atom. The van der Waals surface area contributed by atoms with Crippen molar-refractivity contribution in [1.29, 1.82) is 0 Å². The first kappa shape index (κ1) is 32.3. The SMILES string of the molecule is C=C(C)[C@@H](CCCCCCc1nc2c(cc1CN)CCCN2)CC(=O)O.CC.CC.CC. The van der Waals surface area contributed by atoms with Crippen LogP contribution in [0.15, 0.2) is 18.2 Å². The maximum Gasteiger partial charge on any atom is 0.303 e. The lowest BCUT2D eigenvalue weighted by Gasteiger charge is -2.20. The Balaban J connectivity index is 0. The third-order valence-electron chi connectivity index (χ3n) is 5.24. The van der Waals surface area contributed by atoms with Gasteiger partial charge in [-0.05, 0) is 62.1 Å². The molecule has 0 fully saturated rings. The molecule has 5 nitrogen and oxygen atoms in total. The van der Waals surface area contributed by atoms with Crippen LogP contribution in [0.25, 0.3) is 0 Å². The molecule has 0 radical (unpaired) electrons. The highest BCUT2D eigenvalue weighted by Crippen LogP contribution is 2.24. The summed E-state index contributed by atoms with van der Waals surface area (Å²) in [6.07, 6.45) is 8.70. The van der Waals surface area contributed by atoms with Gasteiger partial charge in [-0.15, -0.1) is 0 Å². The second kappa shape index (κ2) is 21.0. The standard InChI is InChI=1S/C21H33N3O2.3C2H6/c1-15(2)16(13-20(25)26)8-5-3-4-6-10-19-18(14-22)12-17-9-7-11-23-21(17)24-19;3*1-2/h12,16H,1,3-11,13-14,22H2,2H3,(H,23,24)(H,25,26);3*1-2H3/t16-;;;/m0.../s1. The smallest absolute Gasteiger partial charge is 0.303 e. The van der Waals surface area contributed by atoms with Gasteiger partial charge in [-0.3, -0.25) is 4.79 Å². The van der Waals surface area contributed by atoms with Gasteiger partial charge in [0.25, 0.3) is 0 Å². The number of carbonyl (C=O) groups is 1. The number of rotatable bonds is 11. The minimum absolute atomic E-state index is 0.102. The van der Waals surface area contributed by atoms with E-state index in [2.05, 4.69) is 18.0 Å². The van der Waals surface area contributed by atoms with Crippen LogP contribution in [-0.4, -0.2) is 22.6 Å². The van der Waals surface area contributed by atoms with E-state index in [0.717, 1.165) is 75.0 Å². The van der Waals surface area contributed by atoms with Crippen LogP contribution in [0.4, 0.5) is 5.82 Å². The number of hydrogen-bond acceptors (Lipinski definition) is 4. The highest BCUT2D eigenvalue weighted by molar-refractivity contribution is 5.67. The molecule has 0 aliphatic carbocycles. The van der Waals surface area contributed by atoms with Crippen LogP contribution >= 0.6 is 0 Å². The molecule has 2 heterocycles. The van der Waals surface area contributed by atoms with Crippen molar-refractivity contribution in [2.45, 2.75) is 113 Å². The van der Waals surface area contributed by atoms with Gasteiger partial charge < -0.3 is 16.2 Å². The molecule has 1 aromatic rings. The van der Waals surface area contributed by atoms with Gasteiger partial charge in [-0.2, -0.15) is 0 Å². The maximum atomic E-state index is 10.9. The lowest BCUT2D eigenvalue weighted by molar-refractivity contribution is -0.137. The first-order valence-corrected chi connectivity index (χ1v) is 12.8. The molecule has 2 rings (SSSR count). The fourth-order valence-electron chi connectivity index (χ4n) is 3.63. The molecule has 1 atom stereocenters. The van der Waals surface area contributed by atoms with Crippen molar-refractivity contribution < 1.29 is 9.90 Å². The van der Waals surface area contributed by atoms with E-state index in [1.807, 2.05) is 48.5 Å². The number of nitrogens with one attached hydrogen (secondary N) is 1. The van der Waals surface area contributed by atoms with Gasteiger partial charge in [0.05, 0.1) is 6.42 Å². The van der Waals surface area contributed by atoms with Crippen molar-refractivity contribution in [1.82, 2.24) is 4.98 Å². The molecule has 5 heteroatoms. The fraction of sp³-hybridized carbons (Fsp3) is 0.704. The first-order chi connectivity index (χ1) is 15.5. The summed E-state index contributed by atoms with van der Waals surface area (Å²) in [7, 11) is 0. The Morgan fingerprint density at radius 3 is 2.34 bits per heavy atom. The molecule has 0 saturated carbocycles. The van der Waals surface area contributed by atoms with Crippen molar-refractivity contribution in [3.05, 3.63) is 35.0 Å². The topological polar surface area (TPSA) is 88.2 Å². The highest BCUT2D eigenvalue weighted by Gasteiger charge is 2.15. The summed E-state index contributed by atoms with van der Waals surface area (Å²) in [4.78, 5) is 15.7. The van der Waals surface area contributed by atoms with E-state index in [0.29, 0.717) is 6.54 Å². The van der Waals surface area contributed by atoms with Crippen molar-refractivity contribution in [3.63, 3.8) is 0 Å². The molecule has 1 aromatic heterocycles. The van der Waals surface area contributed by atoms with Gasteiger partial charge in [-0.25, -0.2) is 4.98 Å². The van der Waals surface area contributed by atoms with Crippen LogP contribution in [0.3, 0.4) is 0 Å². The lowest BCUT2D eigenvalue weighted by Crippen LogP contribution is -2.16. The minimum atomic E-state index is -0.737. The number of aromatic nitrogens is 1. The number of aryl methyl sites for hydroxylation is 2. The summed E-state index contributed by atoms with van der Waals surface area (Å²) in [5, 5.41) is 12.4. The number of nitrogens with two attached hydrogens (primary N) is 1. The summed E-state index contributed by atoms with van der Waals surface area (Å²) >= 11 is 0. The number of unbranched alkanes of at least 4 members (excludes halogenated alkanes) is 3. The van der Waals surface area contributed by atoms with Gasteiger partial charge in [-0.1, -0.05) is 73.0 Å². The molecule has 32 heavy (non-hydrogen) atoms. The summed E-state index contributed by atoms with van der Waals surface area (Å²) < 4.78 is 0. The largest absolute Gasteiger partial charge is 0.481 e. The number of pyridine rings is 1. The van der Waals surface area contributed by atoms with E-state index in [-0.39, 0.29) is 12.3 Å². The third kappa shape index (κ3) is 12.8. The maximum absolute atomic E-state index is 10.9. The van der Waals surface area contributed by atoms with Crippen LogP contribution < -0.4 is 11.1 Å². The van der Waals surface area contributed by atoms with E-state index in [9.17, 15) is 4.79 Å². The predicted octanol–water partition coefficient (Wildman–Crippen LogP) is 7.14. The summed E-state index contributed by atoms with van der Waals surface area (Å²) in [5.74, 6) is 0.408. The molecule has 4 N–H and O–H groups in total. The first-order valence-electron chi connectivity index (χ1n) is 12.8. The van der Waals surface area contributed by atoms with Crippen molar-refractivity contribution in [2.75, 3.05) is 11.9 Å². The van der Waals surface area contributed by atoms with Crippen molar-refractivity contribution in [3.8, 4) is 0 Å². The number of anilines is 1. The Kier molecular flexibility index (Phi) is 21.2. The predicted molar refractivity (Wildman–Crippen MR) is 140 cm³/mol.